The zero-order valence-electron chi connectivity index (χ0n) is 10.4. The van der Waals surface area contributed by atoms with E-state index in [1.807, 2.05) is 0 Å². The first kappa shape index (κ1) is 15.0. The molecule has 1 rings (SSSR count). The van der Waals surface area contributed by atoms with Gasteiger partial charge >= 0.3 is 5.97 Å². The second kappa shape index (κ2) is 6.18. The number of hydrogen-bond acceptors (Lipinski definition) is 2. The minimum atomic E-state index is -0.856. The Morgan fingerprint density at radius 2 is 2.00 bits per heavy atom. The molecular formula is C13H16F2O2S. The number of carboxylic acid groups (broad SMARTS) is 1. The van der Waals surface area contributed by atoms with Gasteiger partial charge in [-0.25, -0.2) is 8.78 Å². The number of carboxylic acids is 1. The summed E-state index contributed by atoms with van der Waals surface area (Å²) < 4.78 is 25.6. The highest BCUT2D eigenvalue weighted by Crippen LogP contribution is 2.26. The molecule has 0 amide bonds. The normalized spacial score (nSPS) is 11.6. The fraction of sp³-hybridized carbons (Fsp3) is 0.462. The van der Waals surface area contributed by atoms with Crippen LogP contribution < -0.4 is 0 Å². The van der Waals surface area contributed by atoms with Crippen LogP contribution in [0.25, 0.3) is 0 Å². The van der Waals surface area contributed by atoms with Crippen molar-refractivity contribution in [1.29, 1.82) is 0 Å². The van der Waals surface area contributed by atoms with Crippen LogP contribution in [0.5, 0.6) is 0 Å². The van der Waals surface area contributed by atoms with Gasteiger partial charge in [0.1, 0.15) is 0 Å². The summed E-state index contributed by atoms with van der Waals surface area (Å²) in [6.07, 6.45) is 1.27. The Bertz CT molecular complexity index is 433. The van der Waals surface area contributed by atoms with E-state index in [1.165, 1.54) is 17.8 Å². The van der Waals surface area contributed by atoms with Gasteiger partial charge in [0.05, 0.1) is 5.41 Å². The molecule has 0 aromatic heterocycles. The lowest BCUT2D eigenvalue weighted by atomic mass is 9.88. The predicted octanol–water partition coefficient (Wildman–Crippen LogP) is 3.95. The molecule has 0 saturated carbocycles. The number of carbonyl (C=O) groups is 1. The molecule has 1 N–H and O–H groups in total. The fourth-order valence-electron chi connectivity index (χ4n) is 1.38. The zero-order valence-corrected chi connectivity index (χ0v) is 11.2. The van der Waals surface area contributed by atoms with Gasteiger partial charge in [-0.2, -0.15) is 0 Å². The van der Waals surface area contributed by atoms with Crippen molar-refractivity contribution in [3.63, 3.8) is 0 Å². The number of thioether (sulfide) groups is 1. The molecule has 0 aliphatic rings. The molecule has 0 fully saturated rings. The van der Waals surface area contributed by atoms with Crippen LogP contribution in [0, 0.1) is 17.0 Å². The Morgan fingerprint density at radius 3 is 2.56 bits per heavy atom. The molecule has 18 heavy (non-hydrogen) atoms. The van der Waals surface area contributed by atoms with Crippen LogP contribution in [-0.2, 0) is 4.79 Å². The van der Waals surface area contributed by atoms with E-state index in [0.29, 0.717) is 23.5 Å². The van der Waals surface area contributed by atoms with E-state index in [-0.39, 0.29) is 0 Å². The first-order valence-corrected chi connectivity index (χ1v) is 6.63. The van der Waals surface area contributed by atoms with Gasteiger partial charge in [0.2, 0.25) is 0 Å². The van der Waals surface area contributed by atoms with E-state index in [2.05, 4.69) is 0 Å². The van der Waals surface area contributed by atoms with Crippen molar-refractivity contribution in [1.82, 2.24) is 0 Å². The number of hydrogen-bond donors (Lipinski definition) is 1. The number of benzene rings is 1. The highest BCUT2D eigenvalue weighted by atomic mass is 32.2. The molecule has 0 atom stereocenters. The SMILES string of the molecule is CC(C)(CCCSc1ccc(F)c(F)c1)C(=O)O. The van der Waals surface area contributed by atoms with Gasteiger partial charge < -0.3 is 5.11 Å². The van der Waals surface area contributed by atoms with Crippen LogP contribution in [-0.4, -0.2) is 16.8 Å². The lowest BCUT2D eigenvalue weighted by Gasteiger charge is -2.18. The van der Waals surface area contributed by atoms with Gasteiger partial charge in [-0.15, -0.1) is 11.8 Å². The molecule has 0 heterocycles. The van der Waals surface area contributed by atoms with Gasteiger partial charge in [-0.1, -0.05) is 0 Å². The van der Waals surface area contributed by atoms with Crippen LogP contribution in [0.3, 0.4) is 0 Å². The van der Waals surface area contributed by atoms with Crippen LogP contribution in [0.1, 0.15) is 26.7 Å². The number of rotatable bonds is 6. The van der Waals surface area contributed by atoms with E-state index in [1.54, 1.807) is 13.8 Å². The average Bonchev–Trinajstić information content (AvgIpc) is 2.29. The summed E-state index contributed by atoms with van der Waals surface area (Å²) >= 11 is 1.40. The minimum absolute atomic E-state index is 0.555. The molecule has 0 saturated heterocycles. The molecule has 2 nitrogen and oxygen atoms in total. The first-order valence-electron chi connectivity index (χ1n) is 5.64. The summed E-state index contributed by atoms with van der Waals surface area (Å²) in [7, 11) is 0. The number of aliphatic carboxylic acids is 1. The maximum Gasteiger partial charge on any atom is 0.309 e. The Morgan fingerprint density at radius 1 is 1.33 bits per heavy atom. The number of halogens is 2. The topological polar surface area (TPSA) is 37.3 Å². The molecule has 0 radical (unpaired) electrons. The van der Waals surface area contributed by atoms with E-state index in [9.17, 15) is 13.6 Å². The Kier molecular flexibility index (Phi) is 5.14. The Hall–Kier alpha value is -1.10. The van der Waals surface area contributed by atoms with Crippen LogP contribution >= 0.6 is 11.8 Å². The quantitative estimate of drug-likeness (QED) is 0.630. The smallest absolute Gasteiger partial charge is 0.309 e. The molecule has 0 bridgehead atoms. The molecule has 0 aliphatic carbocycles. The maximum atomic E-state index is 12.9. The fourth-order valence-corrected chi connectivity index (χ4v) is 2.25. The third-order valence-electron chi connectivity index (χ3n) is 2.68. The second-order valence-electron chi connectivity index (χ2n) is 4.72. The van der Waals surface area contributed by atoms with Crippen molar-refractivity contribution in [2.24, 2.45) is 5.41 Å². The van der Waals surface area contributed by atoms with Crippen LogP contribution in [0.4, 0.5) is 8.78 Å². The largest absolute Gasteiger partial charge is 0.481 e. The van der Waals surface area contributed by atoms with Gasteiger partial charge in [-0.3, -0.25) is 4.79 Å². The standard InChI is InChI=1S/C13H16F2O2S/c1-13(2,12(16)17)6-3-7-18-9-4-5-10(14)11(15)8-9/h4-5,8H,3,6-7H2,1-2H3,(H,16,17). The monoisotopic (exact) mass is 274 g/mol. The summed E-state index contributed by atoms with van der Waals surface area (Å²) in [5.74, 6) is -1.85. The van der Waals surface area contributed by atoms with E-state index >= 15 is 0 Å². The van der Waals surface area contributed by atoms with Gasteiger partial charge in [-0.05, 0) is 50.6 Å². The maximum absolute atomic E-state index is 12.9. The highest BCUT2D eigenvalue weighted by molar-refractivity contribution is 7.99. The molecule has 0 unspecified atom stereocenters. The van der Waals surface area contributed by atoms with E-state index in [4.69, 9.17) is 5.11 Å². The van der Waals surface area contributed by atoms with Crippen molar-refractivity contribution < 1.29 is 18.7 Å². The molecule has 5 heteroatoms. The van der Waals surface area contributed by atoms with E-state index < -0.39 is 23.0 Å². The summed E-state index contributed by atoms with van der Waals surface area (Å²) in [4.78, 5) is 11.5. The lowest BCUT2D eigenvalue weighted by Crippen LogP contribution is -2.23. The summed E-state index contributed by atoms with van der Waals surface area (Å²) in [6.45, 7) is 3.36. The van der Waals surface area contributed by atoms with Crippen molar-refractivity contribution in [3.8, 4) is 0 Å². The van der Waals surface area contributed by atoms with Crippen molar-refractivity contribution in [2.45, 2.75) is 31.6 Å². The lowest BCUT2D eigenvalue weighted by molar-refractivity contribution is -0.147. The van der Waals surface area contributed by atoms with Crippen molar-refractivity contribution in [3.05, 3.63) is 29.8 Å². The van der Waals surface area contributed by atoms with Crippen molar-refractivity contribution in [2.75, 3.05) is 5.75 Å². The van der Waals surface area contributed by atoms with Gasteiger partial charge in [0.25, 0.3) is 0 Å². The molecular weight excluding hydrogens is 258 g/mol. The second-order valence-corrected chi connectivity index (χ2v) is 5.89. The summed E-state index contributed by atoms with van der Waals surface area (Å²) in [6, 6.07) is 3.77. The Balaban J connectivity index is 2.38. The molecule has 1 aromatic carbocycles. The minimum Gasteiger partial charge on any atom is -0.481 e. The van der Waals surface area contributed by atoms with E-state index in [0.717, 1.165) is 12.1 Å². The molecule has 0 spiro atoms. The average molecular weight is 274 g/mol. The van der Waals surface area contributed by atoms with Crippen LogP contribution in [0.2, 0.25) is 0 Å². The zero-order chi connectivity index (χ0) is 13.8. The Labute approximate surface area is 109 Å². The van der Waals surface area contributed by atoms with Crippen molar-refractivity contribution >= 4 is 17.7 Å². The third-order valence-corrected chi connectivity index (χ3v) is 3.76. The predicted molar refractivity (Wildman–Crippen MR) is 67.7 cm³/mol. The van der Waals surface area contributed by atoms with Gasteiger partial charge in [0, 0.05) is 4.90 Å². The van der Waals surface area contributed by atoms with Crippen LogP contribution in [0.15, 0.2) is 23.1 Å². The summed E-state index contributed by atoms with van der Waals surface area (Å²) in [5.41, 5.74) is -0.741. The summed E-state index contributed by atoms with van der Waals surface area (Å²) in [5, 5.41) is 8.93. The first-order chi connectivity index (χ1) is 8.33. The molecule has 100 valence electrons. The van der Waals surface area contributed by atoms with Gasteiger partial charge in [0.15, 0.2) is 11.6 Å². The molecule has 1 aromatic rings. The molecule has 0 aliphatic heterocycles. The highest BCUT2D eigenvalue weighted by Gasteiger charge is 2.26. The third kappa shape index (κ3) is 4.29.